The molecule has 1 fully saturated rings. The monoisotopic (exact) mass is 381 g/mol. The minimum Gasteiger partial charge on any atom is -0.508 e. The van der Waals surface area contributed by atoms with Gasteiger partial charge < -0.3 is 9.84 Å². The van der Waals surface area contributed by atoms with Crippen LogP contribution in [0.25, 0.3) is 0 Å². The van der Waals surface area contributed by atoms with Gasteiger partial charge >= 0.3 is 5.97 Å². The predicted octanol–water partition coefficient (Wildman–Crippen LogP) is 4.17. The smallest absolute Gasteiger partial charge is 0.310 e. The summed E-state index contributed by atoms with van der Waals surface area (Å²) < 4.78 is 5.13. The highest BCUT2D eigenvalue weighted by Gasteiger charge is 2.37. The summed E-state index contributed by atoms with van der Waals surface area (Å²) in [5.41, 5.74) is 2.40. The Bertz CT molecular complexity index is 781. The van der Waals surface area contributed by atoms with Gasteiger partial charge in [0.15, 0.2) is 0 Å². The molecule has 0 saturated carbocycles. The third-order valence-corrected chi connectivity index (χ3v) is 6.41. The molecular formula is C24H31NO3. The summed E-state index contributed by atoms with van der Waals surface area (Å²) in [6, 6.07) is 17.9. The second kappa shape index (κ2) is 8.78. The van der Waals surface area contributed by atoms with E-state index in [2.05, 4.69) is 36.9 Å². The fourth-order valence-electron chi connectivity index (χ4n) is 4.32. The normalized spacial score (nSPS) is 19.0. The number of methoxy groups -OCH3 is 1. The fourth-order valence-corrected chi connectivity index (χ4v) is 4.32. The molecule has 1 aliphatic heterocycles. The Morgan fingerprint density at radius 2 is 1.82 bits per heavy atom. The first-order valence-corrected chi connectivity index (χ1v) is 10.1. The van der Waals surface area contributed by atoms with Crippen LogP contribution in [-0.4, -0.2) is 42.2 Å². The number of phenolic OH excluding ortho intramolecular Hbond substituents is 1. The molecule has 28 heavy (non-hydrogen) atoms. The number of benzene rings is 2. The Kier molecular flexibility index (Phi) is 6.40. The number of esters is 1. The van der Waals surface area contributed by atoms with Gasteiger partial charge in [-0.05, 0) is 68.0 Å². The van der Waals surface area contributed by atoms with E-state index in [1.54, 1.807) is 6.07 Å². The number of phenols is 1. The van der Waals surface area contributed by atoms with Crippen molar-refractivity contribution in [3.05, 3.63) is 65.7 Å². The van der Waals surface area contributed by atoms with Gasteiger partial charge in [-0.1, -0.05) is 49.4 Å². The Balaban J connectivity index is 1.69. The number of ether oxygens (including phenoxy) is 1. The standard InChI is InChI=1S/C24H31NO3/c1-18(22(23(27)28-3)16-19-8-5-4-6-9-19)25-14-12-24(2,13-15-25)20-10-7-11-21(26)17-20/h4-11,17-18,22,26H,12-16H2,1-3H3/t18-,22-/m1/s1. The molecule has 2 aromatic rings. The quantitative estimate of drug-likeness (QED) is 0.763. The molecule has 1 saturated heterocycles. The van der Waals surface area contributed by atoms with Crippen molar-refractivity contribution in [1.29, 1.82) is 0 Å². The third-order valence-electron chi connectivity index (χ3n) is 6.41. The Morgan fingerprint density at radius 1 is 1.14 bits per heavy atom. The van der Waals surface area contributed by atoms with E-state index in [-0.39, 0.29) is 23.3 Å². The number of rotatable bonds is 6. The van der Waals surface area contributed by atoms with Crippen LogP contribution in [0.1, 0.15) is 37.8 Å². The number of hydrogen-bond acceptors (Lipinski definition) is 4. The molecule has 0 aromatic heterocycles. The second-order valence-electron chi connectivity index (χ2n) is 8.21. The predicted molar refractivity (Wildman–Crippen MR) is 111 cm³/mol. The Hall–Kier alpha value is -2.33. The molecule has 0 aliphatic carbocycles. The molecule has 2 aromatic carbocycles. The molecule has 4 heteroatoms. The van der Waals surface area contributed by atoms with E-state index in [4.69, 9.17) is 4.74 Å². The van der Waals surface area contributed by atoms with E-state index < -0.39 is 0 Å². The van der Waals surface area contributed by atoms with Gasteiger partial charge in [-0.3, -0.25) is 9.69 Å². The van der Waals surface area contributed by atoms with Crippen LogP contribution in [0.2, 0.25) is 0 Å². The van der Waals surface area contributed by atoms with Crippen molar-refractivity contribution in [2.24, 2.45) is 5.92 Å². The molecule has 1 heterocycles. The van der Waals surface area contributed by atoms with Gasteiger partial charge in [0.25, 0.3) is 0 Å². The van der Waals surface area contributed by atoms with Gasteiger partial charge in [0.1, 0.15) is 5.75 Å². The zero-order valence-electron chi connectivity index (χ0n) is 17.1. The van der Waals surface area contributed by atoms with Gasteiger partial charge in [0.05, 0.1) is 13.0 Å². The molecule has 0 amide bonds. The molecule has 0 radical (unpaired) electrons. The van der Waals surface area contributed by atoms with Gasteiger partial charge in [-0.2, -0.15) is 0 Å². The first kappa shape index (κ1) is 20.4. The van der Waals surface area contributed by atoms with Gasteiger partial charge in [-0.25, -0.2) is 0 Å². The van der Waals surface area contributed by atoms with Gasteiger partial charge in [-0.15, -0.1) is 0 Å². The van der Waals surface area contributed by atoms with Crippen LogP contribution < -0.4 is 0 Å². The topological polar surface area (TPSA) is 49.8 Å². The Labute approximate surface area is 168 Å². The number of carbonyl (C=O) groups excluding carboxylic acids is 1. The number of carbonyl (C=O) groups is 1. The van der Waals surface area contributed by atoms with Crippen molar-refractivity contribution >= 4 is 5.97 Å². The maximum atomic E-state index is 12.5. The lowest BCUT2D eigenvalue weighted by molar-refractivity contribution is -0.148. The molecule has 150 valence electrons. The molecule has 2 atom stereocenters. The van der Waals surface area contributed by atoms with E-state index in [1.807, 2.05) is 30.3 Å². The van der Waals surface area contributed by atoms with E-state index in [0.717, 1.165) is 31.5 Å². The lowest BCUT2D eigenvalue weighted by atomic mass is 9.74. The summed E-state index contributed by atoms with van der Waals surface area (Å²) in [5, 5.41) is 9.84. The summed E-state index contributed by atoms with van der Waals surface area (Å²) in [6.07, 6.45) is 2.69. The van der Waals surface area contributed by atoms with Gasteiger partial charge in [0.2, 0.25) is 0 Å². The molecule has 1 aliphatic rings. The highest BCUT2D eigenvalue weighted by molar-refractivity contribution is 5.73. The summed E-state index contributed by atoms with van der Waals surface area (Å²) >= 11 is 0. The summed E-state index contributed by atoms with van der Waals surface area (Å²) in [7, 11) is 1.47. The van der Waals surface area contributed by atoms with E-state index in [9.17, 15) is 9.90 Å². The third kappa shape index (κ3) is 4.56. The first-order valence-electron chi connectivity index (χ1n) is 10.1. The fraction of sp³-hybridized carbons (Fsp3) is 0.458. The van der Waals surface area contributed by atoms with Crippen molar-refractivity contribution in [2.75, 3.05) is 20.2 Å². The maximum absolute atomic E-state index is 12.5. The summed E-state index contributed by atoms with van der Waals surface area (Å²) in [5.74, 6) is -0.00154. The van der Waals surface area contributed by atoms with Crippen LogP contribution in [-0.2, 0) is 21.4 Å². The second-order valence-corrected chi connectivity index (χ2v) is 8.21. The van der Waals surface area contributed by atoms with E-state index >= 15 is 0 Å². The molecule has 0 spiro atoms. The average molecular weight is 382 g/mol. The van der Waals surface area contributed by atoms with Crippen molar-refractivity contribution in [1.82, 2.24) is 4.90 Å². The number of likely N-dealkylation sites (tertiary alicyclic amines) is 1. The van der Waals surface area contributed by atoms with Gasteiger partial charge in [0, 0.05) is 6.04 Å². The van der Waals surface area contributed by atoms with Crippen LogP contribution in [0, 0.1) is 5.92 Å². The zero-order valence-corrected chi connectivity index (χ0v) is 17.1. The van der Waals surface area contributed by atoms with Crippen molar-refractivity contribution in [3.63, 3.8) is 0 Å². The van der Waals surface area contributed by atoms with E-state index in [1.165, 1.54) is 12.7 Å². The van der Waals surface area contributed by atoms with Crippen LogP contribution in [0.15, 0.2) is 54.6 Å². The lowest BCUT2D eigenvalue weighted by Crippen LogP contribution is -2.49. The minimum atomic E-state index is -0.183. The van der Waals surface area contributed by atoms with E-state index in [0.29, 0.717) is 12.2 Å². The zero-order chi connectivity index (χ0) is 20.1. The number of aromatic hydroxyl groups is 1. The molecule has 4 nitrogen and oxygen atoms in total. The van der Waals surface area contributed by atoms with Crippen molar-refractivity contribution < 1.29 is 14.6 Å². The number of nitrogens with zero attached hydrogens (tertiary/aromatic N) is 1. The highest BCUT2D eigenvalue weighted by Crippen LogP contribution is 2.37. The van der Waals surface area contributed by atoms with Crippen molar-refractivity contribution in [3.8, 4) is 5.75 Å². The number of hydrogen-bond donors (Lipinski definition) is 1. The van der Waals surface area contributed by atoms with Crippen LogP contribution in [0.4, 0.5) is 0 Å². The minimum absolute atomic E-state index is 0.0507. The number of piperidine rings is 1. The molecule has 1 N–H and O–H groups in total. The first-order chi connectivity index (χ1) is 13.4. The van der Waals surface area contributed by atoms with Crippen LogP contribution >= 0.6 is 0 Å². The SMILES string of the molecule is COC(=O)[C@H](Cc1ccccc1)[C@@H](C)N1CCC(C)(c2cccc(O)c2)CC1. The molecule has 3 rings (SSSR count). The maximum Gasteiger partial charge on any atom is 0.310 e. The highest BCUT2D eigenvalue weighted by atomic mass is 16.5. The average Bonchev–Trinajstić information content (AvgIpc) is 2.72. The van der Waals surface area contributed by atoms with Crippen LogP contribution in [0.5, 0.6) is 5.75 Å². The largest absolute Gasteiger partial charge is 0.508 e. The van der Waals surface area contributed by atoms with Crippen LogP contribution in [0.3, 0.4) is 0 Å². The summed E-state index contributed by atoms with van der Waals surface area (Å²) in [6.45, 7) is 6.26. The molecule has 0 unspecified atom stereocenters. The molecule has 0 bridgehead atoms. The molecular weight excluding hydrogens is 350 g/mol. The Morgan fingerprint density at radius 3 is 2.43 bits per heavy atom. The lowest BCUT2D eigenvalue weighted by Gasteiger charge is -2.43. The summed E-state index contributed by atoms with van der Waals surface area (Å²) in [4.78, 5) is 14.9. The van der Waals surface area contributed by atoms with Crippen molar-refractivity contribution in [2.45, 2.75) is 44.6 Å².